The van der Waals surface area contributed by atoms with Crippen LogP contribution in [0.5, 0.6) is 0 Å². The normalized spacial score (nSPS) is 16.0. The highest BCUT2D eigenvalue weighted by Crippen LogP contribution is 2.26. The van der Waals surface area contributed by atoms with E-state index >= 15 is 0 Å². The summed E-state index contributed by atoms with van der Waals surface area (Å²) in [5.41, 5.74) is 1.57. The van der Waals surface area contributed by atoms with Crippen molar-refractivity contribution in [3.8, 4) is 0 Å². The van der Waals surface area contributed by atoms with Crippen LogP contribution in [-0.4, -0.2) is 41.7 Å². The lowest BCUT2D eigenvalue weighted by Crippen LogP contribution is -2.41. The summed E-state index contributed by atoms with van der Waals surface area (Å²) in [5, 5.41) is 1.66. The largest absolute Gasteiger partial charge is 0.378 e. The van der Waals surface area contributed by atoms with Crippen molar-refractivity contribution in [3.05, 3.63) is 35.0 Å². The standard InChI is InChI=1S/C14H15ClN2O2/c1-16-12(14(18)17-5-7-19-8-6-17)9-10-3-2-4-11(15)13(10)16/h2-4,9H,5-8H2,1H3. The van der Waals surface area contributed by atoms with E-state index in [9.17, 15) is 4.79 Å². The summed E-state index contributed by atoms with van der Waals surface area (Å²) >= 11 is 6.20. The highest BCUT2D eigenvalue weighted by Gasteiger charge is 2.22. The van der Waals surface area contributed by atoms with Gasteiger partial charge in [-0.2, -0.15) is 0 Å². The zero-order chi connectivity index (χ0) is 13.4. The van der Waals surface area contributed by atoms with Crippen LogP contribution in [0.3, 0.4) is 0 Å². The molecule has 0 bridgehead atoms. The number of ether oxygens (including phenoxy) is 1. The minimum Gasteiger partial charge on any atom is -0.378 e. The van der Waals surface area contributed by atoms with Gasteiger partial charge >= 0.3 is 0 Å². The number of benzene rings is 1. The van der Waals surface area contributed by atoms with Crippen molar-refractivity contribution in [3.63, 3.8) is 0 Å². The average molecular weight is 279 g/mol. The van der Waals surface area contributed by atoms with E-state index in [0.717, 1.165) is 10.9 Å². The molecule has 5 heteroatoms. The van der Waals surface area contributed by atoms with Crippen molar-refractivity contribution in [2.45, 2.75) is 0 Å². The summed E-state index contributed by atoms with van der Waals surface area (Å²) in [7, 11) is 1.88. The fourth-order valence-corrected chi connectivity index (χ4v) is 2.81. The molecule has 2 aromatic rings. The van der Waals surface area contributed by atoms with Crippen LogP contribution >= 0.6 is 11.6 Å². The molecule has 1 aliphatic heterocycles. The minimum atomic E-state index is 0.0399. The summed E-state index contributed by atoms with van der Waals surface area (Å²) in [5.74, 6) is 0.0399. The van der Waals surface area contributed by atoms with E-state index < -0.39 is 0 Å². The van der Waals surface area contributed by atoms with Gasteiger partial charge in [0.1, 0.15) is 5.69 Å². The molecule has 4 nitrogen and oxygen atoms in total. The number of amides is 1. The van der Waals surface area contributed by atoms with Gasteiger partial charge in [0.2, 0.25) is 0 Å². The fraction of sp³-hybridized carbons (Fsp3) is 0.357. The first-order valence-corrected chi connectivity index (χ1v) is 6.67. The van der Waals surface area contributed by atoms with Gasteiger partial charge in [0, 0.05) is 25.5 Å². The Balaban J connectivity index is 2.03. The number of rotatable bonds is 1. The number of nitrogens with zero attached hydrogens (tertiary/aromatic N) is 2. The van der Waals surface area contributed by atoms with Crippen molar-refractivity contribution >= 4 is 28.4 Å². The molecule has 1 aliphatic rings. The molecule has 1 amide bonds. The Bertz CT molecular complexity index is 630. The van der Waals surface area contributed by atoms with Crippen molar-refractivity contribution in [2.75, 3.05) is 26.3 Å². The molecular formula is C14H15ClN2O2. The molecule has 3 rings (SSSR count). The van der Waals surface area contributed by atoms with Crippen LogP contribution in [0.1, 0.15) is 10.5 Å². The summed E-state index contributed by atoms with van der Waals surface area (Å²) in [6.45, 7) is 2.51. The number of hydrogen-bond donors (Lipinski definition) is 0. The third kappa shape index (κ3) is 2.11. The summed E-state index contributed by atoms with van der Waals surface area (Å²) in [4.78, 5) is 14.3. The summed E-state index contributed by atoms with van der Waals surface area (Å²) in [6, 6.07) is 7.61. The molecule has 1 aromatic heterocycles. The molecule has 1 fully saturated rings. The molecule has 1 aromatic carbocycles. The SMILES string of the molecule is Cn1c(C(=O)N2CCOCC2)cc2cccc(Cl)c21. The molecule has 0 spiro atoms. The first-order chi connectivity index (χ1) is 9.18. The second-order valence-corrected chi connectivity index (χ2v) is 5.08. The van der Waals surface area contributed by atoms with Gasteiger partial charge in [0.15, 0.2) is 0 Å². The maximum Gasteiger partial charge on any atom is 0.270 e. The molecule has 0 radical (unpaired) electrons. The van der Waals surface area contributed by atoms with E-state index in [4.69, 9.17) is 16.3 Å². The number of aromatic nitrogens is 1. The van der Waals surface area contributed by atoms with Gasteiger partial charge in [0.05, 0.1) is 23.8 Å². The van der Waals surface area contributed by atoms with E-state index in [0.29, 0.717) is 37.0 Å². The number of morpholine rings is 1. The van der Waals surface area contributed by atoms with Crippen molar-refractivity contribution in [1.29, 1.82) is 0 Å². The zero-order valence-corrected chi connectivity index (χ0v) is 11.5. The number of carbonyl (C=O) groups excluding carboxylic acids is 1. The third-order valence-electron chi connectivity index (χ3n) is 3.52. The van der Waals surface area contributed by atoms with Gasteiger partial charge in [-0.25, -0.2) is 0 Å². The van der Waals surface area contributed by atoms with Gasteiger partial charge in [-0.15, -0.1) is 0 Å². The maximum absolute atomic E-state index is 12.5. The van der Waals surface area contributed by atoms with Crippen LogP contribution in [0.15, 0.2) is 24.3 Å². The molecule has 19 heavy (non-hydrogen) atoms. The van der Waals surface area contributed by atoms with E-state index in [-0.39, 0.29) is 5.91 Å². The Morgan fingerprint density at radius 3 is 2.74 bits per heavy atom. The molecule has 100 valence electrons. The van der Waals surface area contributed by atoms with Gasteiger partial charge in [-0.05, 0) is 12.1 Å². The Labute approximate surface area is 116 Å². The lowest BCUT2D eigenvalue weighted by molar-refractivity contribution is 0.0297. The Morgan fingerprint density at radius 2 is 2.05 bits per heavy atom. The topological polar surface area (TPSA) is 34.5 Å². The van der Waals surface area contributed by atoms with E-state index in [2.05, 4.69) is 0 Å². The number of halogens is 1. The monoisotopic (exact) mass is 278 g/mol. The van der Waals surface area contributed by atoms with Crippen LogP contribution in [0.25, 0.3) is 10.9 Å². The first kappa shape index (κ1) is 12.5. The predicted molar refractivity (Wildman–Crippen MR) is 74.7 cm³/mol. The summed E-state index contributed by atoms with van der Waals surface area (Å²) < 4.78 is 7.14. The maximum atomic E-state index is 12.5. The number of hydrogen-bond acceptors (Lipinski definition) is 2. The Kier molecular flexibility index (Phi) is 3.21. The van der Waals surface area contributed by atoms with Gasteiger partial charge in [-0.3, -0.25) is 4.79 Å². The van der Waals surface area contributed by atoms with E-state index in [1.165, 1.54) is 0 Å². The second-order valence-electron chi connectivity index (χ2n) is 4.67. The quantitative estimate of drug-likeness (QED) is 0.802. The van der Waals surface area contributed by atoms with E-state index in [1.54, 1.807) is 0 Å². The molecule has 2 heterocycles. The van der Waals surface area contributed by atoms with Crippen LogP contribution in [0, 0.1) is 0 Å². The lowest BCUT2D eigenvalue weighted by Gasteiger charge is -2.26. The first-order valence-electron chi connectivity index (χ1n) is 6.29. The Hall–Kier alpha value is -1.52. The van der Waals surface area contributed by atoms with Gasteiger partial charge < -0.3 is 14.2 Å². The molecule has 0 aliphatic carbocycles. The number of carbonyl (C=O) groups is 1. The minimum absolute atomic E-state index is 0.0399. The van der Waals surface area contributed by atoms with Crippen LogP contribution in [-0.2, 0) is 11.8 Å². The van der Waals surface area contributed by atoms with Crippen molar-refractivity contribution in [1.82, 2.24) is 9.47 Å². The molecular weight excluding hydrogens is 264 g/mol. The fourth-order valence-electron chi connectivity index (χ4n) is 2.50. The average Bonchev–Trinajstić information content (AvgIpc) is 2.78. The summed E-state index contributed by atoms with van der Waals surface area (Å²) in [6.07, 6.45) is 0. The van der Waals surface area contributed by atoms with Gasteiger partial charge in [0.25, 0.3) is 5.91 Å². The molecule has 0 atom stereocenters. The zero-order valence-electron chi connectivity index (χ0n) is 10.7. The highest BCUT2D eigenvalue weighted by molar-refractivity contribution is 6.35. The highest BCUT2D eigenvalue weighted by atomic mass is 35.5. The van der Waals surface area contributed by atoms with Gasteiger partial charge in [-0.1, -0.05) is 23.7 Å². The molecule has 0 N–H and O–H groups in total. The third-order valence-corrected chi connectivity index (χ3v) is 3.83. The van der Waals surface area contributed by atoms with Crippen LogP contribution in [0.4, 0.5) is 0 Å². The van der Waals surface area contributed by atoms with E-state index in [1.807, 2.05) is 40.8 Å². The van der Waals surface area contributed by atoms with Crippen LogP contribution < -0.4 is 0 Å². The number of aryl methyl sites for hydroxylation is 1. The van der Waals surface area contributed by atoms with Crippen molar-refractivity contribution in [2.24, 2.45) is 7.05 Å². The number of para-hydroxylation sites is 1. The predicted octanol–water partition coefficient (Wildman–Crippen LogP) is 2.30. The lowest BCUT2D eigenvalue weighted by atomic mass is 10.2. The molecule has 0 unspecified atom stereocenters. The smallest absolute Gasteiger partial charge is 0.270 e. The number of fused-ring (bicyclic) bond motifs is 1. The van der Waals surface area contributed by atoms with Crippen molar-refractivity contribution < 1.29 is 9.53 Å². The van der Waals surface area contributed by atoms with Crippen LogP contribution in [0.2, 0.25) is 5.02 Å². The second kappa shape index (κ2) is 4.87. The molecule has 0 saturated carbocycles. The Morgan fingerprint density at radius 1 is 1.32 bits per heavy atom. The molecule has 1 saturated heterocycles.